The minimum absolute atomic E-state index is 0.167. The molecule has 0 radical (unpaired) electrons. The van der Waals surface area contributed by atoms with E-state index in [1.165, 1.54) is 0 Å². The molecule has 0 spiro atoms. The Balaban J connectivity index is 1.40. The largest absolute Gasteiger partial charge is 0.336 e. The number of nitrogens with zero attached hydrogens (tertiary/aromatic N) is 2. The van der Waals surface area contributed by atoms with Gasteiger partial charge in [0.15, 0.2) is 0 Å². The van der Waals surface area contributed by atoms with Crippen LogP contribution in [0.2, 0.25) is 0 Å². The Bertz CT molecular complexity index is 737. The van der Waals surface area contributed by atoms with Gasteiger partial charge < -0.3 is 10.6 Å². The molecule has 0 saturated carbocycles. The van der Waals surface area contributed by atoms with E-state index in [-0.39, 0.29) is 6.03 Å². The van der Waals surface area contributed by atoms with Crippen molar-refractivity contribution in [2.75, 3.05) is 6.54 Å². The second kappa shape index (κ2) is 7.60. The van der Waals surface area contributed by atoms with Crippen LogP contribution >= 0.6 is 11.3 Å². The van der Waals surface area contributed by atoms with Crippen LogP contribution in [0.1, 0.15) is 5.56 Å². The Morgan fingerprint density at radius 3 is 2.74 bits per heavy atom. The average molecular weight is 326 g/mol. The first kappa shape index (κ1) is 15.3. The van der Waals surface area contributed by atoms with Gasteiger partial charge >= 0.3 is 6.03 Å². The maximum Gasteiger partial charge on any atom is 0.315 e. The minimum Gasteiger partial charge on any atom is -0.336 e. The summed E-state index contributed by atoms with van der Waals surface area (Å²) in [7, 11) is 0. The number of aromatic nitrogens is 2. The Kier molecular flexibility index (Phi) is 5.06. The molecule has 0 aliphatic heterocycles. The van der Waals surface area contributed by atoms with E-state index < -0.39 is 0 Å². The zero-order chi connectivity index (χ0) is 15.9. The van der Waals surface area contributed by atoms with Gasteiger partial charge in [-0.05, 0) is 23.1 Å². The summed E-state index contributed by atoms with van der Waals surface area (Å²) in [5.41, 5.74) is 2.05. The molecule has 3 rings (SSSR count). The van der Waals surface area contributed by atoms with Crippen molar-refractivity contribution in [3.8, 4) is 10.6 Å². The molecule has 1 aromatic carbocycles. The molecule has 0 fully saturated rings. The summed E-state index contributed by atoms with van der Waals surface area (Å²) in [5, 5.41) is 12.2. The van der Waals surface area contributed by atoms with Gasteiger partial charge in [-0.1, -0.05) is 36.4 Å². The maximum atomic E-state index is 11.7. The molecule has 0 unspecified atom stereocenters. The van der Waals surface area contributed by atoms with E-state index in [4.69, 9.17) is 0 Å². The average Bonchev–Trinajstić information content (AvgIpc) is 3.25. The summed E-state index contributed by atoms with van der Waals surface area (Å²) in [5.74, 6) is 0. The van der Waals surface area contributed by atoms with Gasteiger partial charge in [0.25, 0.3) is 0 Å². The highest BCUT2D eigenvalue weighted by atomic mass is 32.1. The molecule has 5 nitrogen and oxygen atoms in total. The van der Waals surface area contributed by atoms with Gasteiger partial charge in [0, 0.05) is 19.3 Å². The third-order valence-corrected chi connectivity index (χ3v) is 4.23. The molecule has 2 heterocycles. The number of hydrogen-bond donors (Lipinski definition) is 2. The fraction of sp³-hybridized carbons (Fsp3) is 0.176. The smallest absolute Gasteiger partial charge is 0.315 e. The predicted octanol–water partition coefficient (Wildman–Crippen LogP) is 3.11. The Morgan fingerprint density at radius 1 is 1.09 bits per heavy atom. The van der Waals surface area contributed by atoms with Crippen molar-refractivity contribution in [1.29, 1.82) is 0 Å². The Labute approximate surface area is 139 Å². The SMILES string of the molecule is O=C(NCCn1ccc(-c2cccs2)n1)NCc1ccccc1. The molecule has 0 atom stereocenters. The summed E-state index contributed by atoms with van der Waals surface area (Å²) in [6.07, 6.45) is 1.93. The van der Waals surface area contributed by atoms with E-state index in [2.05, 4.69) is 15.7 Å². The summed E-state index contributed by atoms with van der Waals surface area (Å²) in [4.78, 5) is 12.9. The number of carbonyl (C=O) groups excluding carboxylic acids is 1. The molecule has 118 valence electrons. The number of rotatable bonds is 6. The van der Waals surface area contributed by atoms with Crippen molar-refractivity contribution >= 4 is 17.4 Å². The summed E-state index contributed by atoms with van der Waals surface area (Å²) in [6, 6.07) is 15.7. The first-order chi connectivity index (χ1) is 11.3. The molecule has 0 bridgehead atoms. The summed E-state index contributed by atoms with van der Waals surface area (Å²) < 4.78 is 1.84. The highest BCUT2D eigenvalue weighted by Gasteiger charge is 2.04. The van der Waals surface area contributed by atoms with Gasteiger partial charge in [0.1, 0.15) is 5.69 Å². The quantitative estimate of drug-likeness (QED) is 0.731. The number of benzene rings is 1. The summed E-state index contributed by atoms with van der Waals surface area (Å²) >= 11 is 1.67. The van der Waals surface area contributed by atoms with Crippen molar-refractivity contribution in [1.82, 2.24) is 20.4 Å². The highest BCUT2D eigenvalue weighted by Crippen LogP contribution is 2.22. The van der Waals surface area contributed by atoms with Crippen LogP contribution in [0, 0.1) is 0 Å². The molecular formula is C17H18N4OS. The second-order valence-electron chi connectivity index (χ2n) is 5.04. The fourth-order valence-electron chi connectivity index (χ4n) is 2.17. The fourth-order valence-corrected chi connectivity index (χ4v) is 2.86. The third kappa shape index (κ3) is 4.43. The lowest BCUT2D eigenvalue weighted by Gasteiger charge is -2.07. The van der Waals surface area contributed by atoms with Gasteiger partial charge in [-0.2, -0.15) is 5.10 Å². The molecular weight excluding hydrogens is 308 g/mol. The molecule has 6 heteroatoms. The molecule has 2 N–H and O–H groups in total. The van der Waals surface area contributed by atoms with Crippen molar-refractivity contribution in [3.05, 3.63) is 65.7 Å². The molecule has 0 aliphatic rings. The highest BCUT2D eigenvalue weighted by molar-refractivity contribution is 7.13. The van der Waals surface area contributed by atoms with E-state index in [1.54, 1.807) is 11.3 Å². The first-order valence-corrected chi connectivity index (χ1v) is 8.32. The topological polar surface area (TPSA) is 59.0 Å². The molecule has 3 aromatic rings. The van der Waals surface area contributed by atoms with Crippen LogP contribution in [0.5, 0.6) is 0 Å². The Hall–Kier alpha value is -2.60. The number of nitrogens with one attached hydrogen (secondary N) is 2. The van der Waals surface area contributed by atoms with Crippen molar-refractivity contribution in [2.45, 2.75) is 13.1 Å². The van der Waals surface area contributed by atoms with Crippen molar-refractivity contribution < 1.29 is 4.79 Å². The van der Waals surface area contributed by atoms with E-state index in [0.717, 1.165) is 16.1 Å². The standard InChI is InChI=1S/C17H18N4OS/c22-17(19-13-14-5-2-1-3-6-14)18-9-11-21-10-8-15(20-21)16-7-4-12-23-16/h1-8,10,12H,9,11,13H2,(H2,18,19,22). The van der Waals surface area contributed by atoms with Crippen LogP contribution in [0.4, 0.5) is 4.79 Å². The lowest BCUT2D eigenvalue weighted by Crippen LogP contribution is -2.36. The normalized spacial score (nSPS) is 10.4. The van der Waals surface area contributed by atoms with Gasteiger partial charge in [-0.25, -0.2) is 4.79 Å². The lowest BCUT2D eigenvalue weighted by atomic mass is 10.2. The zero-order valence-corrected chi connectivity index (χ0v) is 13.4. The number of carbonyl (C=O) groups is 1. The van der Waals surface area contributed by atoms with E-state index >= 15 is 0 Å². The Morgan fingerprint density at radius 2 is 1.96 bits per heavy atom. The molecule has 0 saturated heterocycles. The lowest BCUT2D eigenvalue weighted by molar-refractivity contribution is 0.240. The van der Waals surface area contributed by atoms with Gasteiger partial charge in [-0.3, -0.25) is 4.68 Å². The predicted molar refractivity (Wildman–Crippen MR) is 92.2 cm³/mol. The van der Waals surface area contributed by atoms with E-state index in [9.17, 15) is 4.79 Å². The number of hydrogen-bond acceptors (Lipinski definition) is 3. The molecule has 0 aliphatic carbocycles. The molecule has 2 aromatic heterocycles. The zero-order valence-electron chi connectivity index (χ0n) is 12.6. The number of amides is 2. The monoisotopic (exact) mass is 326 g/mol. The van der Waals surface area contributed by atoms with Crippen LogP contribution in [0.15, 0.2) is 60.1 Å². The van der Waals surface area contributed by atoms with E-state index in [0.29, 0.717) is 19.6 Å². The number of thiophene rings is 1. The van der Waals surface area contributed by atoms with E-state index in [1.807, 2.05) is 64.8 Å². The van der Waals surface area contributed by atoms with Crippen molar-refractivity contribution in [3.63, 3.8) is 0 Å². The van der Waals surface area contributed by atoms with Crippen LogP contribution in [0.3, 0.4) is 0 Å². The summed E-state index contributed by atoms with van der Waals surface area (Å²) in [6.45, 7) is 1.70. The van der Waals surface area contributed by atoms with Gasteiger partial charge in [0.2, 0.25) is 0 Å². The van der Waals surface area contributed by atoms with Gasteiger partial charge in [0.05, 0.1) is 11.4 Å². The van der Waals surface area contributed by atoms with Crippen LogP contribution in [-0.4, -0.2) is 22.4 Å². The van der Waals surface area contributed by atoms with Crippen LogP contribution < -0.4 is 10.6 Å². The maximum absolute atomic E-state index is 11.7. The molecule has 2 amide bonds. The van der Waals surface area contributed by atoms with Crippen LogP contribution in [-0.2, 0) is 13.1 Å². The second-order valence-corrected chi connectivity index (χ2v) is 5.98. The van der Waals surface area contributed by atoms with Crippen LogP contribution in [0.25, 0.3) is 10.6 Å². The van der Waals surface area contributed by atoms with Gasteiger partial charge in [-0.15, -0.1) is 11.3 Å². The third-order valence-electron chi connectivity index (χ3n) is 3.34. The number of urea groups is 1. The van der Waals surface area contributed by atoms with Crippen molar-refractivity contribution in [2.24, 2.45) is 0 Å². The molecule has 23 heavy (non-hydrogen) atoms. The minimum atomic E-state index is -0.167. The first-order valence-electron chi connectivity index (χ1n) is 7.44.